The average Bonchev–Trinajstić information content (AvgIpc) is 2.35. The second-order valence-corrected chi connectivity index (χ2v) is 4.14. The van der Waals surface area contributed by atoms with E-state index in [4.69, 9.17) is 11.6 Å². The summed E-state index contributed by atoms with van der Waals surface area (Å²) in [6, 6.07) is 8.46. The molecule has 0 aromatic heterocycles. The first-order valence-electron chi connectivity index (χ1n) is 5.23. The van der Waals surface area contributed by atoms with Crippen LogP contribution in [0.5, 0.6) is 5.75 Å². The highest BCUT2D eigenvalue weighted by atomic mass is 35.5. The Morgan fingerprint density at radius 1 is 1.11 bits per heavy atom. The summed E-state index contributed by atoms with van der Waals surface area (Å²) in [5.74, 6) is -1.84. The Morgan fingerprint density at radius 3 is 2.61 bits per heavy atom. The van der Waals surface area contributed by atoms with Crippen LogP contribution in [0.4, 0.5) is 14.5 Å². The molecule has 0 radical (unpaired) electrons. The van der Waals surface area contributed by atoms with Crippen molar-refractivity contribution in [3.8, 4) is 5.75 Å². The summed E-state index contributed by atoms with van der Waals surface area (Å²) in [4.78, 5) is 0. The lowest BCUT2D eigenvalue weighted by molar-refractivity contribution is 0.469. The maximum Gasteiger partial charge on any atom is 0.160 e. The largest absolute Gasteiger partial charge is 0.506 e. The van der Waals surface area contributed by atoms with Crippen molar-refractivity contribution in [2.24, 2.45) is 0 Å². The third-order valence-corrected chi connectivity index (χ3v) is 2.78. The molecular formula is C13H10ClF2NO. The second kappa shape index (κ2) is 5.23. The first-order valence-corrected chi connectivity index (χ1v) is 5.61. The highest BCUT2D eigenvalue weighted by molar-refractivity contribution is 6.32. The van der Waals surface area contributed by atoms with E-state index in [9.17, 15) is 13.9 Å². The topological polar surface area (TPSA) is 32.3 Å². The molecule has 0 aliphatic heterocycles. The van der Waals surface area contributed by atoms with Crippen LogP contribution in [0.1, 0.15) is 5.56 Å². The van der Waals surface area contributed by atoms with Crippen LogP contribution in [0.25, 0.3) is 0 Å². The maximum absolute atomic E-state index is 13.0. The average molecular weight is 270 g/mol. The number of benzene rings is 2. The van der Waals surface area contributed by atoms with Crippen LogP contribution in [-0.2, 0) is 6.54 Å². The molecule has 0 atom stereocenters. The predicted octanol–water partition coefficient (Wildman–Crippen LogP) is 3.94. The number of para-hydroxylation sites is 1. The molecular weight excluding hydrogens is 260 g/mol. The number of anilines is 1. The van der Waals surface area contributed by atoms with Crippen LogP contribution in [-0.4, -0.2) is 5.11 Å². The number of rotatable bonds is 3. The Kier molecular flexibility index (Phi) is 3.67. The molecule has 94 valence electrons. The van der Waals surface area contributed by atoms with Gasteiger partial charge in [0.1, 0.15) is 5.75 Å². The van der Waals surface area contributed by atoms with E-state index in [1.54, 1.807) is 18.2 Å². The molecule has 0 aliphatic carbocycles. The summed E-state index contributed by atoms with van der Waals surface area (Å²) in [5.41, 5.74) is 1.00. The van der Waals surface area contributed by atoms with Crippen LogP contribution in [0, 0.1) is 11.6 Å². The zero-order valence-corrected chi connectivity index (χ0v) is 10.0. The van der Waals surface area contributed by atoms with Crippen molar-refractivity contribution >= 4 is 17.3 Å². The fourth-order valence-corrected chi connectivity index (χ4v) is 1.70. The third kappa shape index (κ3) is 2.71. The monoisotopic (exact) mass is 269 g/mol. The molecule has 5 heteroatoms. The van der Waals surface area contributed by atoms with Crippen LogP contribution in [0.3, 0.4) is 0 Å². The molecule has 18 heavy (non-hydrogen) atoms. The number of phenolic OH excluding ortho intramolecular Hbond substituents is 1. The SMILES string of the molecule is Oc1c(Cl)cccc1CNc1ccc(F)c(F)c1. The standard InChI is InChI=1S/C13H10ClF2NO/c14-10-3-1-2-8(13(10)18)7-17-9-4-5-11(15)12(16)6-9/h1-6,17-18H,7H2. The smallest absolute Gasteiger partial charge is 0.160 e. The molecule has 2 nitrogen and oxygen atoms in total. The zero-order chi connectivity index (χ0) is 13.1. The van der Waals surface area contributed by atoms with Gasteiger partial charge < -0.3 is 10.4 Å². The van der Waals surface area contributed by atoms with Gasteiger partial charge in [-0.1, -0.05) is 23.7 Å². The number of hydrogen-bond acceptors (Lipinski definition) is 2. The number of aromatic hydroxyl groups is 1. The highest BCUT2D eigenvalue weighted by Crippen LogP contribution is 2.27. The third-order valence-electron chi connectivity index (χ3n) is 2.47. The fraction of sp³-hybridized carbons (Fsp3) is 0.0769. The van der Waals surface area contributed by atoms with Crippen molar-refractivity contribution in [1.82, 2.24) is 0 Å². The lowest BCUT2D eigenvalue weighted by Gasteiger charge is -2.09. The van der Waals surface area contributed by atoms with E-state index in [1.807, 2.05) is 0 Å². The van der Waals surface area contributed by atoms with Gasteiger partial charge in [-0.2, -0.15) is 0 Å². The van der Waals surface area contributed by atoms with Gasteiger partial charge in [0.05, 0.1) is 5.02 Å². The van der Waals surface area contributed by atoms with Crippen molar-refractivity contribution in [2.75, 3.05) is 5.32 Å². The van der Waals surface area contributed by atoms with Gasteiger partial charge in [0.15, 0.2) is 11.6 Å². The minimum atomic E-state index is -0.921. The van der Waals surface area contributed by atoms with Gasteiger partial charge in [-0.3, -0.25) is 0 Å². The first kappa shape index (κ1) is 12.6. The molecule has 0 heterocycles. The Bertz CT molecular complexity index is 575. The summed E-state index contributed by atoms with van der Waals surface area (Å²) in [5, 5.41) is 12.8. The van der Waals surface area contributed by atoms with Crippen molar-refractivity contribution < 1.29 is 13.9 Å². The quantitative estimate of drug-likeness (QED) is 0.885. The van der Waals surface area contributed by atoms with E-state index in [-0.39, 0.29) is 17.3 Å². The minimum Gasteiger partial charge on any atom is -0.506 e. The summed E-state index contributed by atoms with van der Waals surface area (Å²) < 4.78 is 25.7. The van der Waals surface area contributed by atoms with E-state index >= 15 is 0 Å². The first-order chi connectivity index (χ1) is 8.58. The number of phenols is 1. The summed E-state index contributed by atoms with van der Waals surface area (Å²) in [6.07, 6.45) is 0. The lowest BCUT2D eigenvalue weighted by Crippen LogP contribution is -2.00. The van der Waals surface area contributed by atoms with E-state index in [0.29, 0.717) is 11.3 Å². The van der Waals surface area contributed by atoms with Crippen molar-refractivity contribution in [1.29, 1.82) is 0 Å². The second-order valence-electron chi connectivity index (χ2n) is 3.73. The Hall–Kier alpha value is -1.81. The summed E-state index contributed by atoms with van der Waals surface area (Å²) in [6.45, 7) is 0.261. The Labute approximate surface area is 108 Å². The molecule has 0 fully saturated rings. The maximum atomic E-state index is 13.0. The zero-order valence-electron chi connectivity index (χ0n) is 9.25. The van der Waals surface area contributed by atoms with Gasteiger partial charge in [-0.25, -0.2) is 8.78 Å². The predicted molar refractivity (Wildman–Crippen MR) is 66.8 cm³/mol. The molecule has 2 aromatic carbocycles. The van der Waals surface area contributed by atoms with Gasteiger partial charge in [0, 0.05) is 23.9 Å². The van der Waals surface area contributed by atoms with E-state index < -0.39 is 11.6 Å². The van der Waals surface area contributed by atoms with Crippen LogP contribution >= 0.6 is 11.6 Å². The minimum absolute atomic E-state index is 0.0192. The molecule has 0 amide bonds. The Balaban J connectivity index is 2.11. The molecule has 0 aliphatic rings. The van der Waals surface area contributed by atoms with Crippen molar-refractivity contribution in [2.45, 2.75) is 6.54 Å². The number of halogens is 3. The molecule has 0 spiro atoms. The fourth-order valence-electron chi connectivity index (χ4n) is 1.51. The molecule has 0 bridgehead atoms. The van der Waals surface area contributed by atoms with E-state index in [2.05, 4.69) is 5.32 Å². The van der Waals surface area contributed by atoms with Crippen LogP contribution in [0.15, 0.2) is 36.4 Å². The molecule has 0 saturated heterocycles. The van der Waals surface area contributed by atoms with Gasteiger partial charge in [-0.05, 0) is 18.2 Å². The number of hydrogen-bond donors (Lipinski definition) is 2. The Morgan fingerprint density at radius 2 is 1.89 bits per heavy atom. The van der Waals surface area contributed by atoms with Crippen molar-refractivity contribution in [3.63, 3.8) is 0 Å². The summed E-state index contributed by atoms with van der Waals surface area (Å²) in [7, 11) is 0. The van der Waals surface area contributed by atoms with Crippen LogP contribution < -0.4 is 5.32 Å². The molecule has 2 aromatic rings. The normalized spacial score (nSPS) is 10.4. The summed E-state index contributed by atoms with van der Waals surface area (Å²) >= 11 is 5.75. The van der Waals surface area contributed by atoms with Gasteiger partial charge in [0.2, 0.25) is 0 Å². The highest BCUT2D eigenvalue weighted by Gasteiger charge is 2.06. The van der Waals surface area contributed by atoms with Crippen molar-refractivity contribution in [3.05, 3.63) is 58.6 Å². The lowest BCUT2D eigenvalue weighted by atomic mass is 10.2. The van der Waals surface area contributed by atoms with Gasteiger partial charge in [0.25, 0.3) is 0 Å². The van der Waals surface area contributed by atoms with Gasteiger partial charge in [-0.15, -0.1) is 0 Å². The van der Waals surface area contributed by atoms with E-state index in [1.165, 1.54) is 6.07 Å². The number of nitrogens with one attached hydrogen (secondary N) is 1. The van der Waals surface area contributed by atoms with E-state index in [0.717, 1.165) is 12.1 Å². The molecule has 2 N–H and O–H groups in total. The molecule has 2 rings (SSSR count). The van der Waals surface area contributed by atoms with Gasteiger partial charge >= 0.3 is 0 Å². The molecule has 0 saturated carbocycles. The molecule has 0 unspecified atom stereocenters. The van der Waals surface area contributed by atoms with Crippen LogP contribution in [0.2, 0.25) is 5.02 Å².